The molecular weight excluding hydrogens is 1610 g/mol. The molecule has 8 rings (SSSR count). The molecule has 4 aromatic heterocycles. The first-order valence-electron chi connectivity index (χ1n) is 39.6. The van der Waals surface area contributed by atoms with E-state index in [1.165, 1.54) is 44.6 Å². The van der Waals surface area contributed by atoms with Gasteiger partial charge in [-0.1, -0.05) is 106 Å². The summed E-state index contributed by atoms with van der Waals surface area (Å²) in [5, 5.41) is 63.8. The molecule has 1 saturated heterocycles. The van der Waals surface area contributed by atoms with Gasteiger partial charge in [0.15, 0.2) is 11.9 Å². The number of amides is 14. The molecule has 5 heterocycles. The highest BCUT2D eigenvalue weighted by Gasteiger charge is 2.40. The van der Waals surface area contributed by atoms with Crippen LogP contribution in [0.4, 0.5) is 0 Å². The predicted molar refractivity (Wildman–Crippen MR) is 452 cm³/mol. The fraction of sp³-hybridized carbons (Fsp3) is 0.412. The highest BCUT2D eigenvalue weighted by molar-refractivity contribution is 8.00. The molecule has 12 atom stereocenters. The Morgan fingerprint density at radius 2 is 1.13 bits per heavy atom. The van der Waals surface area contributed by atoms with E-state index in [0.29, 0.717) is 33.3 Å². The quantitative estimate of drug-likeness (QED) is 0.0138. The minimum absolute atomic E-state index is 0.0172. The number of hydrogen-bond acceptors (Lipinski definition) is 21. The molecule has 0 aliphatic carbocycles. The van der Waals surface area contributed by atoms with Gasteiger partial charge in [0.1, 0.15) is 66.5 Å². The molecule has 1 aliphatic heterocycles. The zero-order valence-electron chi connectivity index (χ0n) is 68.3. The van der Waals surface area contributed by atoms with Gasteiger partial charge in [0.25, 0.3) is 0 Å². The van der Waals surface area contributed by atoms with E-state index in [2.05, 4.69) is 111 Å². The number of fused-ring (bicyclic) bond motifs is 1. The molecule has 1 fully saturated rings. The number of aliphatic hydroxyl groups is 1. The van der Waals surface area contributed by atoms with E-state index in [1.54, 1.807) is 117 Å². The Balaban J connectivity index is 1.20. The lowest BCUT2D eigenvalue weighted by Gasteiger charge is -2.33. The van der Waals surface area contributed by atoms with Crippen LogP contribution in [0.1, 0.15) is 79.7 Å². The average molecular weight is 1720 g/mol. The van der Waals surface area contributed by atoms with Gasteiger partial charge in [-0.2, -0.15) is 0 Å². The summed E-state index contributed by atoms with van der Waals surface area (Å²) in [6.07, 6.45) is 8.20. The van der Waals surface area contributed by atoms with Crippen LogP contribution in [-0.4, -0.2) is 257 Å². The van der Waals surface area contributed by atoms with Crippen LogP contribution in [0.2, 0.25) is 0 Å². The number of nitrogens with two attached hydrogens (primary N) is 3. The lowest BCUT2D eigenvalue weighted by Crippen LogP contribution is -2.61. The number of carbonyl (C=O) groups is 14. The number of para-hydroxylation sites is 1. The van der Waals surface area contributed by atoms with Crippen molar-refractivity contribution in [3.05, 3.63) is 169 Å². The van der Waals surface area contributed by atoms with Gasteiger partial charge in [0.2, 0.25) is 82.7 Å². The van der Waals surface area contributed by atoms with Crippen LogP contribution >= 0.6 is 11.8 Å². The average Bonchev–Trinajstić information content (AvgIpc) is 1.67. The summed E-state index contributed by atoms with van der Waals surface area (Å²) in [7, 11) is 2.86. The summed E-state index contributed by atoms with van der Waals surface area (Å²) in [6, 6.07) is 6.30. The van der Waals surface area contributed by atoms with Crippen LogP contribution in [0.25, 0.3) is 16.5 Å². The summed E-state index contributed by atoms with van der Waals surface area (Å²) < 4.78 is 1.54. The first kappa shape index (κ1) is 94.5. The van der Waals surface area contributed by atoms with Gasteiger partial charge in [0.05, 0.1) is 56.3 Å². The largest absolute Gasteiger partial charge is 0.394 e. The highest BCUT2D eigenvalue weighted by Crippen LogP contribution is 2.23. The number of thioether (sulfide) groups is 1. The van der Waals surface area contributed by atoms with Gasteiger partial charge in [-0.3, -0.25) is 77.9 Å². The Labute approximate surface area is 711 Å². The second-order valence-corrected chi connectivity index (χ2v) is 30.4. The van der Waals surface area contributed by atoms with Gasteiger partial charge in [0, 0.05) is 111 Å². The van der Waals surface area contributed by atoms with Gasteiger partial charge >= 0.3 is 0 Å². The number of nitrogens with zero attached hydrogens (tertiary/aromatic N) is 5. The molecule has 3 aromatic carbocycles. The van der Waals surface area contributed by atoms with Crippen molar-refractivity contribution in [2.75, 3.05) is 51.3 Å². The van der Waals surface area contributed by atoms with E-state index in [-0.39, 0.29) is 94.3 Å². The van der Waals surface area contributed by atoms with Crippen LogP contribution in [0, 0.1) is 16.7 Å². The number of rotatable bonds is 26. The Kier molecular flexibility index (Phi) is 36.2. The van der Waals surface area contributed by atoms with Crippen molar-refractivity contribution in [1.82, 2.24) is 114 Å². The van der Waals surface area contributed by atoms with Gasteiger partial charge < -0.3 is 121 Å². The molecular formula is C80H107N27O15S. The molecule has 0 unspecified atom stereocenters. The number of benzene rings is 3. The lowest BCUT2D eigenvalue weighted by atomic mass is 9.96. The van der Waals surface area contributed by atoms with Crippen molar-refractivity contribution >= 4 is 123 Å². The van der Waals surface area contributed by atoms with Crippen molar-refractivity contribution in [3.63, 3.8) is 0 Å². The predicted octanol–water partition coefficient (Wildman–Crippen LogP) is -4.72. The monoisotopic (exact) mass is 1720 g/mol. The zero-order valence-corrected chi connectivity index (χ0v) is 69.1. The minimum Gasteiger partial charge on any atom is -0.394 e. The third-order valence-corrected chi connectivity index (χ3v) is 21.3. The number of H-pyrrole nitrogens is 3. The van der Waals surface area contributed by atoms with Crippen molar-refractivity contribution in [2.24, 2.45) is 30.2 Å². The molecule has 658 valence electrons. The Morgan fingerprint density at radius 3 is 1.76 bits per heavy atom. The molecule has 123 heavy (non-hydrogen) atoms. The number of aromatic nitrogens is 7. The van der Waals surface area contributed by atoms with E-state index >= 15 is 38.4 Å². The first-order valence-corrected chi connectivity index (χ1v) is 40.7. The number of aliphatic hydroxyl groups excluding tert-OH is 1. The maximum absolute atomic E-state index is 15.4. The van der Waals surface area contributed by atoms with E-state index in [4.69, 9.17) is 28.0 Å². The van der Waals surface area contributed by atoms with Crippen LogP contribution in [0.15, 0.2) is 135 Å². The number of primary amides is 1. The van der Waals surface area contributed by atoms with Crippen LogP contribution in [0.3, 0.4) is 0 Å². The summed E-state index contributed by atoms with van der Waals surface area (Å²) in [5.41, 5.74) is 19.6. The second kappa shape index (κ2) is 47.1. The van der Waals surface area contributed by atoms with Gasteiger partial charge in [-0.05, 0) is 54.4 Å². The topological polar surface area (TPSA) is 648 Å². The Hall–Kier alpha value is -14.0. The Morgan fingerprint density at radius 1 is 0.577 bits per heavy atom. The third-order valence-electron chi connectivity index (χ3n) is 20.2. The SMILES string of the molecule is C=C(c1cnc[nH]1)[C@H]1NC(=O)[C@@H](Cc2c[nH]c3ccccc23)NC(=O)[C@@H]([C@H](C)CC)NC(=O)[C@@H](Cc2ccccc2)NC(=O)CSC[C@H](C(=O)NCC(N)=O)NC(=O)[C@@H](Cc2cncn2C)NC(=O)[C@@H](CCCNC(=N)N)NC(=O)[C@@H](Cc2cnc[nH]2)NC(=O)[C@@H](Cc2ccccc2)N(C)C(=O)[C@@H](CCCNC(=N)N)NC(=O)[C@@H](CO)NC(=O)CNC1=O. The molecule has 1 aliphatic rings. The lowest BCUT2D eigenvalue weighted by molar-refractivity contribution is -0.143. The maximum atomic E-state index is 15.4. The fourth-order valence-corrected chi connectivity index (χ4v) is 14.1. The van der Waals surface area contributed by atoms with Crippen molar-refractivity contribution < 1.29 is 72.2 Å². The molecule has 26 N–H and O–H groups in total. The van der Waals surface area contributed by atoms with Gasteiger partial charge in [-0.15, -0.1) is 11.8 Å². The number of aryl methyl sites for hydroxylation is 1. The van der Waals surface area contributed by atoms with E-state index < -0.39 is 198 Å². The van der Waals surface area contributed by atoms with E-state index in [1.807, 2.05) is 0 Å². The van der Waals surface area contributed by atoms with Crippen LogP contribution in [0.5, 0.6) is 0 Å². The summed E-state index contributed by atoms with van der Waals surface area (Å²) in [6.45, 7) is 4.71. The Bertz CT molecular complexity index is 4840. The van der Waals surface area contributed by atoms with Crippen LogP contribution < -0.4 is 91.6 Å². The maximum Gasteiger partial charge on any atom is 0.247 e. The normalized spacial score (nSPS) is 21.9. The smallest absolute Gasteiger partial charge is 0.247 e. The van der Waals surface area contributed by atoms with E-state index in [9.17, 15) is 33.9 Å². The van der Waals surface area contributed by atoms with Crippen molar-refractivity contribution in [2.45, 2.75) is 145 Å². The number of aromatic amines is 3. The van der Waals surface area contributed by atoms with Crippen molar-refractivity contribution in [1.29, 1.82) is 10.8 Å². The minimum atomic E-state index is -1.85. The van der Waals surface area contributed by atoms with Crippen molar-refractivity contribution in [3.8, 4) is 0 Å². The number of likely N-dealkylation sites (N-methyl/N-ethyl adjacent to an activating group) is 1. The molecule has 7 aromatic rings. The molecule has 0 bridgehead atoms. The number of hydrogen-bond donors (Lipinski definition) is 23. The number of guanidine groups is 2. The van der Waals surface area contributed by atoms with Crippen LogP contribution in [-0.2, 0) is 106 Å². The molecule has 0 spiro atoms. The molecule has 0 radical (unpaired) electrons. The third kappa shape index (κ3) is 29.2. The first-order chi connectivity index (χ1) is 58.9. The standard InChI is InChI=1S/C80H107N27O15S/c1-6-44(2)66-77(121)102-56(29-48-32-91-52-22-14-13-21-51(48)52)73(117)105-67(45(3)59-35-87-42-95-59)76(120)93-37-64(110)97-60(38-108)74(118)99-54(24-16-26-90-80(84)85)78(122)107(5)62(28-47-19-11-8-12-20-47)75(119)101-57(30-49-33-86-41-94-49)70(114)98-53(23-15-25-89-79(82)83)69(113)100-58(31-50-34-88-43-106(50)4)71(115)103-61(68(112)92-36-63(81)109)39-123-40-65(111)96-55(72(116)104-66)27-46-17-9-7-10-18-46/h7-14,17-22,32-35,41-44,53-58,60-62,66-67,91,108H,3,6,15-16,23-31,36-40H2,1-2,4-5H3,(H2,81,109)(H,86,94)(H,87,95)(H,92,112)(H,93,120)(H,96,111)(H,97,110)(H,98,114)(H,99,118)(H,100,113)(H,101,119)(H,102,121)(H,103,115)(H,104,116)(H,105,117)(H4,82,83,89)(H4,84,85,90)/t44-,53-,54-,55-,56-,57-,58-,60-,61-,62-,66-,67-/m1/s1. The van der Waals surface area contributed by atoms with E-state index in [0.717, 1.165) is 16.7 Å². The molecule has 42 nitrogen and oxygen atoms in total. The summed E-state index contributed by atoms with van der Waals surface area (Å²) >= 11 is 0.803. The highest BCUT2D eigenvalue weighted by atomic mass is 32.2. The molecule has 43 heteroatoms. The molecule has 14 amide bonds. The number of carbonyl (C=O) groups excluding carboxylic acids is 14. The summed E-state index contributed by atoms with van der Waals surface area (Å²) in [5.74, 6) is -16.1. The fourth-order valence-electron chi connectivity index (χ4n) is 13.3. The molecule has 0 saturated carbocycles. The summed E-state index contributed by atoms with van der Waals surface area (Å²) in [4.78, 5) is 228. The zero-order chi connectivity index (χ0) is 89.2. The van der Waals surface area contributed by atoms with Gasteiger partial charge in [-0.25, -0.2) is 15.0 Å². The second-order valence-electron chi connectivity index (χ2n) is 29.4. The number of nitrogens with one attached hydrogen (secondary N) is 19. The number of imidazole rings is 3.